The summed E-state index contributed by atoms with van der Waals surface area (Å²) in [6.07, 6.45) is 5.75. The zero-order valence-electron chi connectivity index (χ0n) is 20.7. The second-order valence-corrected chi connectivity index (χ2v) is 9.25. The molecule has 186 valence electrons. The van der Waals surface area contributed by atoms with E-state index in [-0.39, 0.29) is 5.91 Å². The topological polar surface area (TPSA) is 55.6 Å². The number of hydrogen-bond acceptors (Lipinski definition) is 3. The molecule has 0 aliphatic rings. The predicted octanol–water partition coefficient (Wildman–Crippen LogP) is 7.27. The molecule has 5 nitrogen and oxygen atoms in total. The molecule has 0 bridgehead atoms. The predicted molar refractivity (Wildman–Crippen MR) is 155 cm³/mol. The number of hydrazone groups is 1. The number of benzene rings is 3. The van der Waals surface area contributed by atoms with Gasteiger partial charge in [0.1, 0.15) is 12.4 Å². The van der Waals surface area contributed by atoms with Gasteiger partial charge in [0.2, 0.25) is 0 Å². The fourth-order valence-corrected chi connectivity index (χ4v) is 4.70. The van der Waals surface area contributed by atoms with E-state index < -0.39 is 0 Å². The summed E-state index contributed by atoms with van der Waals surface area (Å²) in [7, 11) is 0. The SMILES string of the molecule is C=CCOc1c(Br)cc(/C=N/NC(=O)c2ccc(-n3c(C)ccc3-c3ccccc3)cc2)cc1CC=C. The maximum Gasteiger partial charge on any atom is 0.271 e. The van der Waals surface area contributed by atoms with Crippen molar-refractivity contribution >= 4 is 28.1 Å². The van der Waals surface area contributed by atoms with Crippen LogP contribution in [-0.2, 0) is 6.42 Å². The Morgan fingerprint density at radius 3 is 2.49 bits per heavy atom. The monoisotopic (exact) mass is 553 g/mol. The van der Waals surface area contributed by atoms with Crippen LogP contribution in [0.15, 0.2) is 114 Å². The lowest BCUT2D eigenvalue weighted by atomic mass is 10.1. The molecule has 0 aliphatic carbocycles. The van der Waals surface area contributed by atoms with Gasteiger partial charge in [-0.3, -0.25) is 4.79 Å². The number of nitrogens with zero attached hydrogens (tertiary/aromatic N) is 2. The zero-order chi connectivity index (χ0) is 26.2. The van der Waals surface area contributed by atoms with Gasteiger partial charge in [-0.15, -0.1) is 6.58 Å². The smallest absolute Gasteiger partial charge is 0.271 e. The molecular formula is C31H28BrN3O2. The average molecular weight is 554 g/mol. The quantitative estimate of drug-likeness (QED) is 0.127. The third-order valence-electron chi connectivity index (χ3n) is 5.77. The number of allylic oxidation sites excluding steroid dienone is 1. The number of nitrogens with one attached hydrogen (secondary N) is 1. The van der Waals surface area contributed by atoms with Crippen LogP contribution in [0.25, 0.3) is 16.9 Å². The molecule has 4 rings (SSSR count). The molecule has 0 atom stereocenters. The number of carbonyl (C=O) groups is 1. The molecule has 0 radical (unpaired) electrons. The first-order chi connectivity index (χ1) is 18.0. The van der Waals surface area contributed by atoms with Gasteiger partial charge in [-0.1, -0.05) is 49.1 Å². The van der Waals surface area contributed by atoms with Crippen molar-refractivity contribution in [3.63, 3.8) is 0 Å². The van der Waals surface area contributed by atoms with Gasteiger partial charge in [-0.05, 0) is 94.5 Å². The summed E-state index contributed by atoms with van der Waals surface area (Å²) in [6, 6.07) is 25.8. The minimum atomic E-state index is -0.286. The molecule has 37 heavy (non-hydrogen) atoms. The minimum Gasteiger partial charge on any atom is -0.488 e. The van der Waals surface area contributed by atoms with E-state index in [0.29, 0.717) is 18.6 Å². The van der Waals surface area contributed by atoms with E-state index in [0.717, 1.165) is 44.0 Å². The number of rotatable bonds is 10. The van der Waals surface area contributed by atoms with E-state index in [4.69, 9.17) is 4.74 Å². The molecule has 0 aliphatic heterocycles. The van der Waals surface area contributed by atoms with Crippen LogP contribution in [0.2, 0.25) is 0 Å². The Kier molecular flexibility index (Phi) is 8.54. The molecule has 1 N–H and O–H groups in total. The first kappa shape index (κ1) is 25.9. The van der Waals surface area contributed by atoms with Crippen molar-refractivity contribution in [2.24, 2.45) is 5.10 Å². The lowest BCUT2D eigenvalue weighted by Gasteiger charge is -2.13. The Labute approximate surface area is 225 Å². The normalized spacial score (nSPS) is 10.9. The van der Waals surface area contributed by atoms with Gasteiger partial charge in [0.25, 0.3) is 5.91 Å². The van der Waals surface area contributed by atoms with Crippen LogP contribution in [0.1, 0.15) is 27.2 Å². The summed E-state index contributed by atoms with van der Waals surface area (Å²) in [4.78, 5) is 12.7. The maximum atomic E-state index is 12.7. The standard InChI is InChI=1S/C31H28BrN3O2/c1-4-9-26-19-23(20-28(32)30(26)37-18-5-2)21-33-34-31(36)25-13-15-27(16-14-25)35-22(3)12-17-29(35)24-10-7-6-8-11-24/h4-8,10-17,19-21H,1-2,9,18H2,3H3,(H,34,36)/b33-21+. The van der Waals surface area contributed by atoms with Crippen molar-refractivity contribution in [1.82, 2.24) is 9.99 Å². The molecule has 1 amide bonds. The molecule has 0 saturated heterocycles. The van der Waals surface area contributed by atoms with Gasteiger partial charge in [0.05, 0.1) is 16.4 Å². The largest absolute Gasteiger partial charge is 0.488 e. The lowest BCUT2D eigenvalue weighted by molar-refractivity contribution is 0.0955. The fourth-order valence-electron chi connectivity index (χ4n) is 4.07. The van der Waals surface area contributed by atoms with E-state index >= 15 is 0 Å². The Morgan fingerprint density at radius 2 is 1.78 bits per heavy atom. The summed E-state index contributed by atoms with van der Waals surface area (Å²) in [6.45, 7) is 9.99. The highest BCUT2D eigenvalue weighted by Gasteiger charge is 2.12. The number of amides is 1. The number of aryl methyl sites for hydroxylation is 1. The molecule has 4 aromatic rings. The minimum absolute atomic E-state index is 0.286. The van der Waals surface area contributed by atoms with E-state index in [1.807, 2.05) is 48.5 Å². The Bertz CT molecular complexity index is 1440. The lowest BCUT2D eigenvalue weighted by Crippen LogP contribution is -2.17. The number of carbonyl (C=O) groups excluding carboxylic acids is 1. The molecule has 0 fully saturated rings. The molecule has 0 saturated carbocycles. The highest BCUT2D eigenvalue weighted by Crippen LogP contribution is 2.31. The highest BCUT2D eigenvalue weighted by atomic mass is 79.9. The Balaban J connectivity index is 1.48. The van der Waals surface area contributed by atoms with Crippen LogP contribution in [-0.4, -0.2) is 23.3 Å². The van der Waals surface area contributed by atoms with Crippen LogP contribution in [0.5, 0.6) is 5.75 Å². The van der Waals surface area contributed by atoms with Crippen molar-refractivity contribution in [2.45, 2.75) is 13.3 Å². The van der Waals surface area contributed by atoms with E-state index in [1.165, 1.54) is 0 Å². The second-order valence-electron chi connectivity index (χ2n) is 8.39. The summed E-state index contributed by atoms with van der Waals surface area (Å²) in [5.74, 6) is 0.459. The van der Waals surface area contributed by atoms with E-state index in [9.17, 15) is 4.79 Å². The van der Waals surface area contributed by atoms with E-state index in [1.54, 1.807) is 24.4 Å². The zero-order valence-corrected chi connectivity index (χ0v) is 22.2. The summed E-state index contributed by atoms with van der Waals surface area (Å²) >= 11 is 3.56. The number of halogens is 1. The summed E-state index contributed by atoms with van der Waals surface area (Å²) in [5.41, 5.74) is 9.25. The van der Waals surface area contributed by atoms with E-state index in [2.05, 4.69) is 75.4 Å². The number of hydrogen-bond donors (Lipinski definition) is 1. The third-order valence-corrected chi connectivity index (χ3v) is 6.35. The van der Waals surface area contributed by atoms with Crippen molar-refractivity contribution < 1.29 is 9.53 Å². The number of ether oxygens (including phenoxy) is 1. The van der Waals surface area contributed by atoms with Gasteiger partial charge in [-0.25, -0.2) is 5.43 Å². The van der Waals surface area contributed by atoms with Gasteiger partial charge in [0.15, 0.2) is 0 Å². The summed E-state index contributed by atoms with van der Waals surface area (Å²) in [5, 5.41) is 4.16. The van der Waals surface area contributed by atoms with Crippen LogP contribution < -0.4 is 10.2 Å². The highest BCUT2D eigenvalue weighted by molar-refractivity contribution is 9.10. The molecule has 0 spiro atoms. The van der Waals surface area contributed by atoms with Crippen LogP contribution in [0.3, 0.4) is 0 Å². The van der Waals surface area contributed by atoms with Crippen molar-refractivity contribution in [3.8, 4) is 22.7 Å². The maximum absolute atomic E-state index is 12.7. The fraction of sp³-hybridized carbons (Fsp3) is 0.0968. The third kappa shape index (κ3) is 6.16. The van der Waals surface area contributed by atoms with Crippen LogP contribution in [0.4, 0.5) is 0 Å². The van der Waals surface area contributed by atoms with Crippen molar-refractivity contribution in [3.05, 3.63) is 131 Å². The molecule has 6 heteroatoms. The number of aromatic nitrogens is 1. The van der Waals surface area contributed by atoms with Gasteiger partial charge in [0, 0.05) is 16.9 Å². The summed E-state index contributed by atoms with van der Waals surface area (Å²) < 4.78 is 8.75. The Hall–Kier alpha value is -4.16. The van der Waals surface area contributed by atoms with Crippen LogP contribution >= 0.6 is 15.9 Å². The Morgan fingerprint density at radius 1 is 1.03 bits per heavy atom. The van der Waals surface area contributed by atoms with Crippen molar-refractivity contribution in [1.29, 1.82) is 0 Å². The van der Waals surface area contributed by atoms with Crippen molar-refractivity contribution in [2.75, 3.05) is 6.61 Å². The van der Waals surface area contributed by atoms with Gasteiger partial charge < -0.3 is 9.30 Å². The first-order valence-electron chi connectivity index (χ1n) is 11.9. The molecule has 1 aromatic heterocycles. The second kappa shape index (κ2) is 12.2. The molecular weight excluding hydrogens is 526 g/mol. The molecule has 3 aromatic carbocycles. The average Bonchev–Trinajstić information content (AvgIpc) is 3.30. The molecule has 1 heterocycles. The van der Waals surface area contributed by atoms with Gasteiger partial charge in [-0.2, -0.15) is 5.10 Å². The van der Waals surface area contributed by atoms with Gasteiger partial charge >= 0.3 is 0 Å². The van der Waals surface area contributed by atoms with Crippen LogP contribution in [0, 0.1) is 6.92 Å². The molecule has 0 unspecified atom stereocenters. The first-order valence-corrected chi connectivity index (χ1v) is 12.7.